The summed E-state index contributed by atoms with van der Waals surface area (Å²) in [6.45, 7) is 1.30. The zero-order valence-corrected chi connectivity index (χ0v) is 17.2. The number of esters is 1. The number of nitrogens with zero attached hydrogens (tertiary/aromatic N) is 5. The Bertz CT molecular complexity index is 958. The molecule has 2 aromatic rings. The molecule has 2 heterocycles. The van der Waals surface area contributed by atoms with Crippen molar-refractivity contribution in [1.29, 1.82) is 0 Å². The fourth-order valence-corrected chi connectivity index (χ4v) is 5.24. The van der Waals surface area contributed by atoms with Gasteiger partial charge in [0.25, 0.3) is 0 Å². The minimum absolute atomic E-state index is 0.00457. The lowest BCUT2D eigenvalue weighted by atomic mass is 10.2. The number of methoxy groups -OCH3 is 1. The molecule has 1 saturated heterocycles. The molecule has 1 aromatic carbocycles. The molecule has 4 rings (SSSR count). The van der Waals surface area contributed by atoms with Crippen molar-refractivity contribution in [3.05, 3.63) is 47.8 Å². The quantitative estimate of drug-likeness (QED) is 0.628. The highest BCUT2D eigenvalue weighted by molar-refractivity contribution is 7.89. The predicted molar refractivity (Wildman–Crippen MR) is 105 cm³/mol. The van der Waals surface area contributed by atoms with Gasteiger partial charge in [-0.15, -0.1) is 5.10 Å². The van der Waals surface area contributed by atoms with Crippen LogP contribution in [0.25, 0.3) is 0 Å². The minimum Gasteiger partial charge on any atom is -0.468 e. The molecule has 0 spiro atoms. The van der Waals surface area contributed by atoms with Crippen LogP contribution in [-0.4, -0.2) is 76.6 Å². The zero-order chi connectivity index (χ0) is 20.4. The number of sulfonamides is 1. The molecule has 10 heteroatoms. The summed E-state index contributed by atoms with van der Waals surface area (Å²) >= 11 is 0. The Labute approximate surface area is 170 Å². The normalized spacial score (nSPS) is 22.9. The predicted octanol–water partition coefficient (Wildman–Crippen LogP) is 0.478. The third kappa shape index (κ3) is 4.65. The lowest BCUT2D eigenvalue weighted by Crippen LogP contribution is -2.48. The minimum atomic E-state index is -3.64. The van der Waals surface area contributed by atoms with Gasteiger partial charge in [0.15, 0.2) is 0 Å². The van der Waals surface area contributed by atoms with Crippen molar-refractivity contribution in [1.82, 2.24) is 24.2 Å². The van der Waals surface area contributed by atoms with Gasteiger partial charge >= 0.3 is 5.97 Å². The molecule has 1 aliphatic carbocycles. The highest BCUT2D eigenvalue weighted by atomic mass is 32.2. The van der Waals surface area contributed by atoms with E-state index in [4.69, 9.17) is 4.74 Å². The third-order valence-corrected chi connectivity index (χ3v) is 7.17. The van der Waals surface area contributed by atoms with Crippen molar-refractivity contribution in [3.63, 3.8) is 0 Å². The Balaban J connectivity index is 1.55. The van der Waals surface area contributed by atoms with E-state index in [0.29, 0.717) is 31.4 Å². The molecule has 2 aliphatic rings. The van der Waals surface area contributed by atoms with Gasteiger partial charge in [-0.2, -0.15) is 4.31 Å². The van der Waals surface area contributed by atoms with Crippen LogP contribution in [0.15, 0.2) is 36.5 Å². The first-order chi connectivity index (χ1) is 14.0. The number of ether oxygens (including phenoxy) is 1. The van der Waals surface area contributed by atoms with E-state index in [9.17, 15) is 13.2 Å². The third-order valence-electron chi connectivity index (χ3n) is 5.38. The van der Waals surface area contributed by atoms with Crippen LogP contribution in [0.4, 0.5) is 0 Å². The summed E-state index contributed by atoms with van der Waals surface area (Å²) in [6.07, 6.45) is 3.81. The van der Waals surface area contributed by atoms with Crippen molar-refractivity contribution < 1.29 is 17.9 Å². The number of aromatic nitrogens is 3. The second-order valence-electron chi connectivity index (χ2n) is 7.52. The number of carbonyl (C=O) groups excluding carboxylic acids is 1. The molecular formula is C19H25N5O4S. The van der Waals surface area contributed by atoms with E-state index >= 15 is 0 Å². The molecule has 1 aliphatic heterocycles. The molecule has 2 fully saturated rings. The lowest BCUT2D eigenvalue weighted by Gasteiger charge is -2.27. The van der Waals surface area contributed by atoms with E-state index in [-0.39, 0.29) is 12.3 Å². The molecule has 9 nitrogen and oxygen atoms in total. The lowest BCUT2D eigenvalue weighted by molar-refractivity contribution is -0.145. The average molecular weight is 420 g/mol. The summed E-state index contributed by atoms with van der Waals surface area (Å²) in [5.41, 5.74) is 1.57. The Morgan fingerprint density at radius 1 is 1.21 bits per heavy atom. The summed E-state index contributed by atoms with van der Waals surface area (Å²) in [5, 5.41) is 8.24. The number of hydrogen-bond donors (Lipinski definition) is 0. The number of rotatable bonds is 6. The van der Waals surface area contributed by atoms with E-state index in [1.165, 1.54) is 11.4 Å². The zero-order valence-electron chi connectivity index (χ0n) is 16.3. The van der Waals surface area contributed by atoms with Crippen LogP contribution < -0.4 is 0 Å². The topological polar surface area (TPSA) is 97.6 Å². The SMILES string of the molecule is COC(=O)C1CN(C2CC2)CCS(=O)(=O)N1Cc1cn(Cc2ccccc2)nn1. The van der Waals surface area contributed by atoms with E-state index in [2.05, 4.69) is 15.2 Å². The first-order valence-electron chi connectivity index (χ1n) is 9.70. The molecule has 156 valence electrons. The fraction of sp³-hybridized carbons (Fsp3) is 0.526. The maximum absolute atomic E-state index is 13.0. The van der Waals surface area contributed by atoms with E-state index in [1.54, 1.807) is 10.9 Å². The van der Waals surface area contributed by atoms with Gasteiger partial charge in [0.1, 0.15) is 6.04 Å². The molecule has 1 unspecified atom stereocenters. The Morgan fingerprint density at radius 3 is 2.66 bits per heavy atom. The molecule has 1 atom stereocenters. The van der Waals surface area contributed by atoms with Crippen molar-refractivity contribution in [2.24, 2.45) is 0 Å². The van der Waals surface area contributed by atoms with Crippen LogP contribution in [0.5, 0.6) is 0 Å². The second-order valence-corrected chi connectivity index (χ2v) is 9.56. The van der Waals surface area contributed by atoms with Crippen LogP contribution in [0.3, 0.4) is 0 Å². The van der Waals surface area contributed by atoms with Gasteiger partial charge < -0.3 is 4.74 Å². The van der Waals surface area contributed by atoms with Crippen molar-refractivity contribution in [2.45, 2.75) is 38.0 Å². The first-order valence-corrected chi connectivity index (χ1v) is 11.3. The van der Waals surface area contributed by atoms with Gasteiger partial charge in [-0.05, 0) is 18.4 Å². The first kappa shape index (κ1) is 20.0. The van der Waals surface area contributed by atoms with Crippen molar-refractivity contribution in [2.75, 3.05) is 26.0 Å². The van der Waals surface area contributed by atoms with E-state index in [0.717, 1.165) is 18.4 Å². The Kier molecular flexibility index (Phi) is 5.66. The average Bonchev–Trinajstić information content (AvgIpc) is 3.48. The van der Waals surface area contributed by atoms with Gasteiger partial charge in [-0.3, -0.25) is 9.69 Å². The van der Waals surface area contributed by atoms with Gasteiger partial charge in [-0.1, -0.05) is 35.5 Å². The number of carbonyl (C=O) groups is 1. The van der Waals surface area contributed by atoms with Gasteiger partial charge in [-0.25, -0.2) is 13.1 Å². The smallest absolute Gasteiger partial charge is 0.325 e. The molecular weight excluding hydrogens is 394 g/mol. The summed E-state index contributed by atoms with van der Waals surface area (Å²) in [4.78, 5) is 14.5. The van der Waals surface area contributed by atoms with E-state index < -0.39 is 22.0 Å². The fourth-order valence-electron chi connectivity index (χ4n) is 3.67. The Hall–Kier alpha value is -2.30. The van der Waals surface area contributed by atoms with Crippen LogP contribution in [0, 0.1) is 0 Å². The van der Waals surface area contributed by atoms with Gasteiger partial charge in [0.05, 0.1) is 37.8 Å². The largest absolute Gasteiger partial charge is 0.468 e. The molecule has 1 saturated carbocycles. The van der Waals surface area contributed by atoms with Crippen molar-refractivity contribution in [3.8, 4) is 0 Å². The molecule has 0 bridgehead atoms. The summed E-state index contributed by atoms with van der Waals surface area (Å²) in [7, 11) is -2.35. The number of benzene rings is 1. The summed E-state index contributed by atoms with van der Waals surface area (Å²) in [6, 6.07) is 9.29. The van der Waals surface area contributed by atoms with Crippen LogP contribution in [0.1, 0.15) is 24.1 Å². The highest BCUT2D eigenvalue weighted by Gasteiger charge is 2.43. The highest BCUT2D eigenvalue weighted by Crippen LogP contribution is 2.30. The van der Waals surface area contributed by atoms with E-state index in [1.807, 2.05) is 30.3 Å². The monoisotopic (exact) mass is 419 g/mol. The van der Waals surface area contributed by atoms with Gasteiger partial charge in [0.2, 0.25) is 10.0 Å². The van der Waals surface area contributed by atoms with Crippen molar-refractivity contribution >= 4 is 16.0 Å². The van der Waals surface area contributed by atoms with Gasteiger partial charge in [0, 0.05) is 19.1 Å². The number of hydrogen-bond acceptors (Lipinski definition) is 7. The molecule has 0 amide bonds. The molecule has 1 aromatic heterocycles. The standard InChI is InChI=1S/C19H25N5O4S/c1-28-19(25)18-14-22(17-7-8-17)9-10-29(26,27)24(18)13-16-12-23(21-20-16)11-15-5-3-2-4-6-15/h2-6,12,17-18H,7-11,13-14H2,1H3. The molecule has 29 heavy (non-hydrogen) atoms. The summed E-state index contributed by atoms with van der Waals surface area (Å²) in [5.74, 6) is -0.562. The molecule has 0 N–H and O–H groups in total. The molecule has 0 radical (unpaired) electrons. The summed E-state index contributed by atoms with van der Waals surface area (Å²) < 4.78 is 33.7. The van der Waals surface area contributed by atoms with Crippen LogP contribution in [-0.2, 0) is 32.6 Å². The maximum Gasteiger partial charge on any atom is 0.325 e. The Morgan fingerprint density at radius 2 is 1.97 bits per heavy atom. The maximum atomic E-state index is 13.0. The second kappa shape index (κ2) is 8.21. The van der Waals surface area contributed by atoms with Crippen LogP contribution in [0.2, 0.25) is 0 Å². The van der Waals surface area contributed by atoms with Crippen LogP contribution >= 0.6 is 0 Å².